The second kappa shape index (κ2) is 6.47. The Morgan fingerprint density at radius 2 is 1.90 bits per heavy atom. The van der Waals surface area contributed by atoms with Gasteiger partial charge in [-0.25, -0.2) is 8.42 Å². The standard InChI is InChI=1S/C11H15ClN2O4S2/c1-6(11(13)19)20(15,16)14-8-5-9(17-2)7(12)4-10(8)18-3/h4-6,14H,1-3H3,(H2,13,19). The Morgan fingerprint density at radius 1 is 1.35 bits per heavy atom. The third-order valence-corrected chi connectivity index (χ3v) is 5.08. The Labute approximate surface area is 128 Å². The molecule has 0 aliphatic heterocycles. The lowest BCUT2D eigenvalue weighted by atomic mass is 10.3. The highest BCUT2D eigenvalue weighted by Crippen LogP contribution is 2.36. The quantitative estimate of drug-likeness (QED) is 0.768. The monoisotopic (exact) mass is 338 g/mol. The van der Waals surface area contributed by atoms with Crippen molar-refractivity contribution in [2.24, 2.45) is 5.73 Å². The second-order valence-electron chi connectivity index (χ2n) is 3.88. The summed E-state index contributed by atoms with van der Waals surface area (Å²) in [6, 6.07) is 2.87. The molecule has 0 saturated heterocycles. The molecule has 0 saturated carbocycles. The highest BCUT2D eigenvalue weighted by atomic mass is 35.5. The minimum Gasteiger partial charge on any atom is -0.495 e. The van der Waals surface area contributed by atoms with Crippen molar-refractivity contribution in [3.63, 3.8) is 0 Å². The molecule has 0 aromatic heterocycles. The first kappa shape index (κ1) is 16.8. The summed E-state index contributed by atoms with van der Waals surface area (Å²) in [5.74, 6) is 0.572. The molecule has 0 aliphatic carbocycles. The number of rotatable bonds is 6. The Kier molecular flexibility index (Phi) is 5.43. The minimum atomic E-state index is -3.78. The first-order chi connectivity index (χ1) is 9.22. The molecule has 6 nitrogen and oxygen atoms in total. The molecular weight excluding hydrogens is 324 g/mol. The van der Waals surface area contributed by atoms with E-state index in [0.717, 1.165) is 0 Å². The van der Waals surface area contributed by atoms with Gasteiger partial charge in [-0.2, -0.15) is 0 Å². The Morgan fingerprint density at radius 3 is 2.35 bits per heavy atom. The lowest BCUT2D eigenvalue weighted by molar-refractivity contribution is 0.405. The number of anilines is 1. The number of nitrogens with one attached hydrogen (secondary N) is 1. The Bertz CT molecular complexity index is 619. The molecule has 0 amide bonds. The first-order valence-corrected chi connectivity index (χ1v) is 7.78. The second-order valence-corrected chi connectivity index (χ2v) is 6.76. The number of ether oxygens (including phenoxy) is 2. The number of methoxy groups -OCH3 is 2. The van der Waals surface area contributed by atoms with Crippen LogP contribution >= 0.6 is 23.8 Å². The van der Waals surface area contributed by atoms with Gasteiger partial charge in [-0.3, -0.25) is 4.72 Å². The van der Waals surface area contributed by atoms with Crippen LogP contribution in [-0.4, -0.2) is 32.9 Å². The van der Waals surface area contributed by atoms with Crippen LogP contribution in [0.2, 0.25) is 5.02 Å². The van der Waals surface area contributed by atoms with E-state index >= 15 is 0 Å². The fourth-order valence-corrected chi connectivity index (χ4v) is 2.89. The van der Waals surface area contributed by atoms with Crippen LogP contribution in [-0.2, 0) is 10.0 Å². The zero-order chi connectivity index (χ0) is 15.5. The van der Waals surface area contributed by atoms with E-state index in [1.807, 2.05) is 0 Å². The summed E-state index contributed by atoms with van der Waals surface area (Å²) < 4.78 is 36.6. The molecular formula is C11H15ClN2O4S2. The van der Waals surface area contributed by atoms with E-state index < -0.39 is 15.3 Å². The molecule has 0 fully saturated rings. The minimum absolute atomic E-state index is 0.127. The lowest BCUT2D eigenvalue weighted by Crippen LogP contribution is -2.35. The molecule has 1 aromatic carbocycles. The van der Waals surface area contributed by atoms with Gasteiger partial charge in [-0.05, 0) is 6.92 Å². The first-order valence-electron chi connectivity index (χ1n) is 5.45. The van der Waals surface area contributed by atoms with Gasteiger partial charge in [0.05, 0.1) is 29.9 Å². The van der Waals surface area contributed by atoms with Crippen LogP contribution < -0.4 is 19.9 Å². The molecule has 0 bridgehead atoms. The van der Waals surface area contributed by atoms with Gasteiger partial charge in [0.15, 0.2) is 0 Å². The largest absolute Gasteiger partial charge is 0.495 e. The maximum Gasteiger partial charge on any atom is 0.242 e. The van der Waals surface area contributed by atoms with Crippen molar-refractivity contribution in [3.8, 4) is 11.5 Å². The summed E-state index contributed by atoms with van der Waals surface area (Å²) in [6.45, 7) is 1.39. The number of halogens is 1. The lowest BCUT2D eigenvalue weighted by Gasteiger charge is -2.17. The molecule has 3 N–H and O–H groups in total. The molecule has 1 atom stereocenters. The van der Waals surface area contributed by atoms with Gasteiger partial charge in [0, 0.05) is 12.1 Å². The van der Waals surface area contributed by atoms with E-state index in [9.17, 15) is 8.42 Å². The van der Waals surface area contributed by atoms with E-state index in [2.05, 4.69) is 4.72 Å². The fraction of sp³-hybridized carbons (Fsp3) is 0.364. The molecule has 9 heteroatoms. The molecule has 20 heavy (non-hydrogen) atoms. The van der Waals surface area contributed by atoms with Crippen LogP contribution in [0.15, 0.2) is 12.1 Å². The number of thiocarbonyl (C=S) groups is 1. The Balaban J connectivity index is 3.23. The summed E-state index contributed by atoms with van der Waals surface area (Å²) in [6.07, 6.45) is 0. The highest BCUT2D eigenvalue weighted by Gasteiger charge is 2.25. The smallest absolute Gasteiger partial charge is 0.242 e. The number of nitrogens with two attached hydrogens (primary N) is 1. The van der Waals surface area contributed by atoms with Crippen molar-refractivity contribution in [1.82, 2.24) is 0 Å². The zero-order valence-electron chi connectivity index (χ0n) is 11.1. The third-order valence-electron chi connectivity index (χ3n) is 2.59. The number of benzene rings is 1. The van der Waals surface area contributed by atoms with E-state index in [-0.39, 0.29) is 16.4 Å². The van der Waals surface area contributed by atoms with Crippen molar-refractivity contribution >= 4 is 44.5 Å². The summed E-state index contributed by atoms with van der Waals surface area (Å²) in [5.41, 5.74) is 5.55. The maximum absolute atomic E-state index is 12.1. The number of hydrogen-bond donors (Lipinski definition) is 2. The maximum atomic E-state index is 12.1. The average Bonchev–Trinajstić information content (AvgIpc) is 2.38. The summed E-state index contributed by atoms with van der Waals surface area (Å²) in [4.78, 5) is -0.127. The van der Waals surface area contributed by atoms with Gasteiger partial charge in [0.1, 0.15) is 16.7 Å². The van der Waals surface area contributed by atoms with Gasteiger partial charge in [-0.1, -0.05) is 23.8 Å². The topological polar surface area (TPSA) is 90.7 Å². The molecule has 112 valence electrons. The zero-order valence-corrected chi connectivity index (χ0v) is 13.5. The van der Waals surface area contributed by atoms with Crippen molar-refractivity contribution in [2.45, 2.75) is 12.2 Å². The van der Waals surface area contributed by atoms with Crippen LogP contribution in [0.4, 0.5) is 5.69 Å². The van der Waals surface area contributed by atoms with Crippen molar-refractivity contribution in [3.05, 3.63) is 17.2 Å². The SMILES string of the molecule is COc1cc(NS(=O)(=O)C(C)C(N)=S)c(OC)cc1Cl. The van der Waals surface area contributed by atoms with Gasteiger partial charge < -0.3 is 15.2 Å². The molecule has 0 aliphatic rings. The average molecular weight is 339 g/mol. The van der Waals surface area contributed by atoms with Crippen LogP contribution in [0.5, 0.6) is 11.5 Å². The summed E-state index contributed by atoms with van der Waals surface area (Å²) >= 11 is 10.6. The van der Waals surface area contributed by atoms with Crippen LogP contribution in [0.25, 0.3) is 0 Å². The van der Waals surface area contributed by atoms with Gasteiger partial charge in [0.25, 0.3) is 0 Å². The van der Waals surface area contributed by atoms with Crippen LogP contribution in [0, 0.1) is 0 Å². The van der Waals surface area contributed by atoms with Crippen molar-refractivity contribution < 1.29 is 17.9 Å². The third kappa shape index (κ3) is 3.65. The number of hydrogen-bond acceptors (Lipinski definition) is 5. The predicted molar refractivity (Wildman–Crippen MR) is 83.3 cm³/mol. The summed E-state index contributed by atoms with van der Waals surface area (Å²) in [5, 5.41) is -0.724. The van der Waals surface area contributed by atoms with Crippen LogP contribution in [0.1, 0.15) is 6.92 Å². The molecule has 1 unspecified atom stereocenters. The van der Waals surface area contributed by atoms with E-state index in [1.54, 1.807) is 0 Å². The van der Waals surface area contributed by atoms with Crippen molar-refractivity contribution in [2.75, 3.05) is 18.9 Å². The van der Waals surface area contributed by atoms with Gasteiger partial charge >= 0.3 is 0 Å². The molecule has 1 rings (SSSR count). The fourth-order valence-electron chi connectivity index (χ4n) is 1.33. The summed E-state index contributed by atoms with van der Waals surface area (Å²) in [7, 11) is -0.962. The molecule has 1 aromatic rings. The molecule has 0 radical (unpaired) electrons. The number of sulfonamides is 1. The van der Waals surface area contributed by atoms with Gasteiger partial charge in [0.2, 0.25) is 10.0 Å². The van der Waals surface area contributed by atoms with Crippen molar-refractivity contribution in [1.29, 1.82) is 0 Å². The molecule has 0 heterocycles. The predicted octanol–water partition coefficient (Wildman–Crippen LogP) is 1.77. The van der Waals surface area contributed by atoms with Gasteiger partial charge in [-0.15, -0.1) is 0 Å². The van der Waals surface area contributed by atoms with E-state index in [0.29, 0.717) is 10.8 Å². The molecule has 0 spiro atoms. The van der Waals surface area contributed by atoms with Crippen LogP contribution in [0.3, 0.4) is 0 Å². The Hall–Kier alpha value is -1.25. The normalized spacial score (nSPS) is 12.6. The van der Waals surface area contributed by atoms with E-state index in [1.165, 1.54) is 33.3 Å². The van der Waals surface area contributed by atoms with E-state index in [4.69, 9.17) is 39.0 Å². The highest BCUT2D eigenvalue weighted by molar-refractivity contribution is 7.95.